The molecule has 3 heterocycles. The number of piperidine rings is 1. The maximum absolute atomic E-state index is 13.0. The van der Waals surface area contributed by atoms with E-state index in [0.717, 1.165) is 63.7 Å². The van der Waals surface area contributed by atoms with Crippen LogP contribution in [0.1, 0.15) is 50.3 Å². The van der Waals surface area contributed by atoms with Crippen molar-refractivity contribution in [2.24, 2.45) is 11.3 Å². The summed E-state index contributed by atoms with van der Waals surface area (Å²) in [5.74, 6) is 1.56. The first kappa shape index (κ1) is 22.9. The number of carbonyl (C=O) groups excluding carboxylic acids is 1. The summed E-state index contributed by atoms with van der Waals surface area (Å²) >= 11 is 0. The van der Waals surface area contributed by atoms with E-state index < -0.39 is 0 Å². The SMILES string of the molecule is CCC(=O)N(CC1(C2CCN(Cc3ccccc3)CC2)CCOCC1)c1cccc(C)n1. The van der Waals surface area contributed by atoms with Crippen molar-refractivity contribution >= 4 is 11.7 Å². The molecular formula is C27H37N3O2. The quantitative estimate of drug-likeness (QED) is 0.624. The Kier molecular flexibility index (Phi) is 7.59. The number of aromatic nitrogens is 1. The van der Waals surface area contributed by atoms with Gasteiger partial charge < -0.3 is 4.74 Å². The van der Waals surface area contributed by atoms with E-state index in [9.17, 15) is 4.79 Å². The van der Waals surface area contributed by atoms with Crippen molar-refractivity contribution in [3.05, 3.63) is 59.8 Å². The van der Waals surface area contributed by atoms with Gasteiger partial charge in [-0.2, -0.15) is 0 Å². The fraction of sp³-hybridized carbons (Fsp3) is 0.556. The lowest BCUT2D eigenvalue weighted by molar-refractivity contribution is -0.119. The molecule has 0 unspecified atom stereocenters. The van der Waals surface area contributed by atoms with E-state index in [1.54, 1.807) is 0 Å². The summed E-state index contributed by atoms with van der Waals surface area (Å²) < 4.78 is 5.78. The first-order valence-corrected chi connectivity index (χ1v) is 12.2. The van der Waals surface area contributed by atoms with Gasteiger partial charge in [0.15, 0.2) is 0 Å². The zero-order valence-electron chi connectivity index (χ0n) is 19.6. The second kappa shape index (κ2) is 10.6. The smallest absolute Gasteiger partial charge is 0.227 e. The summed E-state index contributed by atoms with van der Waals surface area (Å²) in [6, 6.07) is 16.7. The van der Waals surface area contributed by atoms with Crippen molar-refractivity contribution in [3.8, 4) is 0 Å². The molecule has 32 heavy (non-hydrogen) atoms. The zero-order chi connectivity index (χ0) is 22.4. The number of amides is 1. The van der Waals surface area contributed by atoms with Gasteiger partial charge >= 0.3 is 0 Å². The van der Waals surface area contributed by atoms with Crippen molar-refractivity contribution in [1.29, 1.82) is 0 Å². The molecular weight excluding hydrogens is 398 g/mol. The minimum Gasteiger partial charge on any atom is -0.381 e. The number of rotatable bonds is 7. The molecule has 172 valence electrons. The largest absolute Gasteiger partial charge is 0.381 e. The maximum atomic E-state index is 13.0. The topological polar surface area (TPSA) is 45.7 Å². The molecule has 2 saturated heterocycles. The third kappa shape index (κ3) is 5.38. The van der Waals surface area contributed by atoms with Crippen molar-refractivity contribution in [3.63, 3.8) is 0 Å². The van der Waals surface area contributed by atoms with Crippen LogP contribution in [0, 0.1) is 18.3 Å². The van der Waals surface area contributed by atoms with Gasteiger partial charge in [0, 0.05) is 38.4 Å². The van der Waals surface area contributed by atoms with Crippen LogP contribution in [0.25, 0.3) is 0 Å². The van der Waals surface area contributed by atoms with Crippen molar-refractivity contribution in [1.82, 2.24) is 9.88 Å². The second-order valence-electron chi connectivity index (χ2n) is 9.48. The molecule has 1 aromatic heterocycles. The van der Waals surface area contributed by atoms with Gasteiger partial charge in [-0.15, -0.1) is 0 Å². The number of likely N-dealkylation sites (tertiary alicyclic amines) is 1. The summed E-state index contributed by atoms with van der Waals surface area (Å²) in [7, 11) is 0. The Morgan fingerprint density at radius 2 is 1.81 bits per heavy atom. The molecule has 2 aromatic rings. The molecule has 0 spiro atoms. The molecule has 1 aromatic carbocycles. The van der Waals surface area contributed by atoms with E-state index in [-0.39, 0.29) is 11.3 Å². The van der Waals surface area contributed by atoms with Gasteiger partial charge in [0.05, 0.1) is 0 Å². The van der Waals surface area contributed by atoms with E-state index >= 15 is 0 Å². The number of hydrogen-bond donors (Lipinski definition) is 0. The third-order valence-corrected chi connectivity index (χ3v) is 7.42. The lowest BCUT2D eigenvalue weighted by Crippen LogP contribution is -2.51. The monoisotopic (exact) mass is 435 g/mol. The molecule has 2 aliphatic rings. The van der Waals surface area contributed by atoms with Crippen LogP contribution in [-0.2, 0) is 16.1 Å². The molecule has 5 heteroatoms. The lowest BCUT2D eigenvalue weighted by Gasteiger charge is -2.48. The maximum Gasteiger partial charge on any atom is 0.227 e. The summed E-state index contributed by atoms with van der Waals surface area (Å²) in [5.41, 5.74) is 2.44. The molecule has 0 N–H and O–H groups in total. The summed E-state index contributed by atoms with van der Waals surface area (Å²) in [6.45, 7) is 9.53. The highest BCUT2D eigenvalue weighted by Crippen LogP contribution is 2.45. The van der Waals surface area contributed by atoms with Crippen molar-refractivity contribution in [2.75, 3.05) is 37.7 Å². The highest BCUT2D eigenvalue weighted by atomic mass is 16.5. The number of pyridine rings is 1. The molecule has 0 atom stereocenters. The van der Waals surface area contributed by atoms with Gasteiger partial charge in [-0.1, -0.05) is 43.3 Å². The van der Waals surface area contributed by atoms with E-state index in [1.165, 1.54) is 18.4 Å². The average molecular weight is 436 g/mol. The van der Waals surface area contributed by atoms with Crippen LogP contribution in [0.2, 0.25) is 0 Å². The number of carbonyl (C=O) groups is 1. The van der Waals surface area contributed by atoms with Crippen LogP contribution in [0.3, 0.4) is 0 Å². The van der Waals surface area contributed by atoms with Gasteiger partial charge in [0.1, 0.15) is 5.82 Å². The summed E-state index contributed by atoms with van der Waals surface area (Å²) in [6.07, 6.45) is 4.91. The second-order valence-corrected chi connectivity index (χ2v) is 9.48. The number of hydrogen-bond acceptors (Lipinski definition) is 4. The molecule has 2 aliphatic heterocycles. The van der Waals surface area contributed by atoms with Gasteiger partial charge in [0.25, 0.3) is 0 Å². The molecule has 5 nitrogen and oxygen atoms in total. The standard InChI is InChI=1S/C27H37N3O2/c1-3-26(31)30(25-11-7-8-22(2)28-25)21-27(14-18-32-19-15-27)24-12-16-29(17-13-24)20-23-9-5-4-6-10-23/h4-11,24H,3,12-21H2,1-2H3. The number of anilines is 1. The van der Waals surface area contributed by atoms with Gasteiger partial charge in [0.2, 0.25) is 5.91 Å². The van der Waals surface area contributed by atoms with Gasteiger partial charge in [-0.05, 0) is 74.7 Å². The van der Waals surface area contributed by atoms with Crippen LogP contribution in [0.5, 0.6) is 0 Å². The Morgan fingerprint density at radius 3 is 2.47 bits per heavy atom. The predicted octanol–water partition coefficient (Wildman–Crippen LogP) is 4.84. The highest BCUT2D eigenvalue weighted by molar-refractivity contribution is 5.92. The van der Waals surface area contributed by atoms with E-state index in [0.29, 0.717) is 12.3 Å². The minimum absolute atomic E-state index is 0.105. The van der Waals surface area contributed by atoms with Crippen LogP contribution >= 0.6 is 0 Å². The summed E-state index contributed by atoms with van der Waals surface area (Å²) in [4.78, 5) is 22.3. The fourth-order valence-electron chi connectivity index (χ4n) is 5.50. The Hall–Kier alpha value is -2.24. The van der Waals surface area contributed by atoms with Crippen LogP contribution in [-0.4, -0.2) is 48.6 Å². The predicted molar refractivity (Wildman–Crippen MR) is 129 cm³/mol. The van der Waals surface area contributed by atoms with Crippen LogP contribution < -0.4 is 4.90 Å². The molecule has 2 fully saturated rings. The highest BCUT2D eigenvalue weighted by Gasteiger charge is 2.43. The normalized spacial score (nSPS) is 19.6. The van der Waals surface area contributed by atoms with E-state index in [1.807, 2.05) is 36.9 Å². The zero-order valence-corrected chi connectivity index (χ0v) is 19.6. The molecule has 0 saturated carbocycles. The number of nitrogens with zero attached hydrogens (tertiary/aromatic N) is 3. The van der Waals surface area contributed by atoms with Crippen molar-refractivity contribution < 1.29 is 9.53 Å². The Morgan fingerprint density at radius 1 is 1.09 bits per heavy atom. The van der Waals surface area contributed by atoms with Gasteiger partial charge in [-0.3, -0.25) is 14.6 Å². The lowest BCUT2D eigenvalue weighted by atomic mass is 9.66. The molecule has 0 aliphatic carbocycles. The number of ether oxygens (including phenoxy) is 1. The number of aryl methyl sites for hydroxylation is 1. The minimum atomic E-state index is 0.105. The number of benzene rings is 1. The van der Waals surface area contributed by atoms with Crippen molar-refractivity contribution in [2.45, 2.75) is 52.5 Å². The first-order chi connectivity index (χ1) is 15.6. The van der Waals surface area contributed by atoms with E-state index in [2.05, 4.69) is 35.2 Å². The fourth-order valence-corrected chi connectivity index (χ4v) is 5.50. The molecule has 1 amide bonds. The first-order valence-electron chi connectivity index (χ1n) is 12.2. The molecule has 0 bridgehead atoms. The average Bonchev–Trinajstić information content (AvgIpc) is 2.84. The summed E-state index contributed by atoms with van der Waals surface area (Å²) in [5, 5.41) is 0. The Labute approximate surface area is 192 Å². The molecule has 4 rings (SSSR count). The Bertz CT molecular complexity index is 871. The van der Waals surface area contributed by atoms with E-state index in [4.69, 9.17) is 9.72 Å². The van der Waals surface area contributed by atoms with Gasteiger partial charge in [-0.25, -0.2) is 4.98 Å². The molecule has 0 radical (unpaired) electrons. The third-order valence-electron chi connectivity index (χ3n) is 7.42. The van der Waals surface area contributed by atoms with Crippen LogP contribution in [0.4, 0.5) is 5.82 Å². The Balaban J connectivity index is 1.50. The van der Waals surface area contributed by atoms with Crippen LogP contribution in [0.15, 0.2) is 48.5 Å².